The van der Waals surface area contributed by atoms with Crippen molar-refractivity contribution in [3.8, 4) is 0 Å². The first-order chi connectivity index (χ1) is 13.9. The van der Waals surface area contributed by atoms with Crippen molar-refractivity contribution in [2.45, 2.75) is 23.0 Å². The van der Waals surface area contributed by atoms with E-state index >= 15 is 0 Å². The molecule has 2 aliphatic rings. The summed E-state index contributed by atoms with van der Waals surface area (Å²) >= 11 is 7.27. The molecule has 2 aromatic carbocycles. The third-order valence-electron chi connectivity index (χ3n) is 5.14. The van der Waals surface area contributed by atoms with Crippen molar-refractivity contribution in [3.63, 3.8) is 0 Å². The normalized spacial score (nSPS) is 25.3. The van der Waals surface area contributed by atoms with Crippen LogP contribution in [0.25, 0.3) is 0 Å². The Hall–Kier alpha value is -2.32. The van der Waals surface area contributed by atoms with E-state index in [1.807, 2.05) is 60.7 Å². The minimum absolute atomic E-state index is 0.187. The van der Waals surface area contributed by atoms with E-state index in [4.69, 9.17) is 0 Å². The van der Waals surface area contributed by atoms with Crippen LogP contribution in [0.2, 0.25) is 0 Å². The lowest BCUT2D eigenvalue weighted by Gasteiger charge is -2.30. The second-order valence-electron chi connectivity index (χ2n) is 6.96. The average molecular weight is 518 g/mol. The lowest BCUT2D eigenvalue weighted by atomic mass is 9.88. The number of carbonyl (C=O) groups is 2. The number of hydrogen-bond acceptors (Lipinski definition) is 4. The second kappa shape index (κ2) is 7.50. The van der Waals surface area contributed by atoms with Crippen molar-refractivity contribution in [1.82, 2.24) is 0 Å². The highest BCUT2D eigenvalue weighted by molar-refractivity contribution is 9.13. The molecule has 4 rings (SSSR count). The molecule has 0 fully saturated rings. The van der Waals surface area contributed by atoms with E-state index in [1.54, 1.807) is 13.8 Å². The molecule has 0 saturated carbocycles. The molecule has 2 heterocycles. The highest BCUT2D eigenvalue weighted by atomic mass is 79.9. The van der Waals surface area contributed by atoms with Gasteiger partial charge >= 0.3 is 0 Å². The van der Waals surface area contributed by atoms with Crippen molar-refractivity contribution in [1.29, 1.82) is 0 Å². The molecule has 0 aromatic heterocycles. The maximum absolute atomic E-state index is 13.4. The molecule has 0 bridgehead atoms. The van der Waals surface area contributed by atoms with E-state index < -0.39 is 15.1 Å². The first kappa shape index (κ1) is 20.0. The zero-order valence-corrected chi connectivity index (χ0v) is 19.0. The van der Waals surface area contributed by atoms with Crippen LogP contribution in [0.1, 0.15) is 13.8 Å². The predicted molar refractivity (Wildman–Crippen MR) is 122 cm³/mol. The fraction of sp³-hybridized carbons (Fsp3) is 0.238. The Kier molecular flexibility index (Phi) is 5.16. The zero-order valence-electron chi connectivity index (χ0n) is 15.8. The molecule has 2 amide bonds. The summed E-state index contributed by atoms with van der Waals surface area (Å²) in [5.41, 5.74) is 2.58. The molecule has 8 heteroatoms. The average Bonchev–Trinajstić information content (AvgIpc) is 3.17. The van der Waals surface area contributed by atoms with Crippen LogP contribution in [0, 0.1) is 5.92 Å². The monoisotopic (exact) mass is 516 g/mol. The topological polar surface area (TPSA) is 65.3 Å². The molecule has 0 N–H and O–H groups in total. The van der Waals surface area contributed by atoms with Gasteiger partial charge in [0.15, 0.2) is 4.32 Å². The van der Waals surface area contributed by atoms with Crippen LogP contribution >= 0.6 is 31.9 Å². The SMILES string of the molecule is CC1=NN(c2ccccc2)C(=O)[C@H]1[C@H](Br)[C@@]1(Br)C(=O)N(c2ccccc2)N=C1C. The summed E-state index contributed by atoms with van der Waals surface area (Å²) in [7, 11) is 0. The van der Waals surface area contributed by atoms with Gasteiger partial charge in [-0.3, -0.25) is 9.59 Å². The van der Waals surface area contributed by atoms with Crippen LogP contribution in [-0.4, -0.2) is 32.4 Å². The molecule has 0 spiro atoms. The number of carbonyl (C=O) groups excluding carboxylic acids is 2. The number of para-hydroxylation sites is 2. The smallest absolute Gasteiger partial charge is 0.271 e. The number of anilines is 2. The fourth-order valence-corrected chi connectivity index (χ4v) is 5.19. The van der Waals surface area contributed by atoms with Gasteiger partial charge < -0.3 is 0 Å². The minimum atomic E-state index is -1.16. The number of rotatable bonds is 4. The first-order valence-corrected chi connectivity index (χ1v) is 10.8. The van der Waals surface area contributed by atoms with E-state index in [-0.39, 0.29) is 11.8 Å². The Morgan fingerprint density at radius 2 is 1.41 bits per heavy atom. The molecule has 6 nitrogen and oxygen atoms in total. The van der Waals surface area contributed by atoms with E-state index in [9.17, 15) is 9.59 Å². The maximum atomic E-state index is 13.4. The Morgan fingerprint density at radius 1 is 0.897 bits per heavy atom. The molecule has 2 aromatic rings. The Balaban J connectivity index is 1.65. The lowest BCUT2D eigenvalue weighted by molar-refractivity contribution is -0.120. The fourth-order valence-electron chi connectivity index (χ4n) is 3.54. The van der Waals surface area contributed by atoms with Gasteiger partial charge in [0.05, 0.1) is 27.8 Å². The number of benzene rings is 2. The van der Waals surface area contributed by atoms with Gasteiger partial charge in [0.2, 0.25) is 0 Å². The Labute approximate surface area is 185 Å². The summed E-state index contributed by atoms with van der Waals surface area (Å²) in [5.74, 6) is -1.05. The van der Waals surface area contributed by atoms with Crippen molar-refractivity contribution in [3.05, 3.63) is 60.7 Å². The van der Waals surface area contributed by atoms with Crippen LogP contribution in [0.3, 0.4) is 0 Å². The number of hydrogen-bond donors (Lipinski definition) is 0. The number of halogens is 2. The molecule has 3 atom stereocenters. The molecular formula is C21H18Br2N4O2. The Bertz CT molecular complexity index is 1030. The molecule has 29 heavy (non-hydrogen) atoms. The lowest BCUT2D eigenvalue weighted by Crippen LogP contribution is -2.53. The Morgan fingerprint density at radius 3 is 1.97 bits per heavy atom. The number of nitrogens with zero attached hydrogens (tertiary/aromatic N) is 4. The van der Waals surface area contributed by atoms with Gasteiger partial charge in [-0.25, -0.2) is 5.01 Å². The summed E-state index contributed by atoms with van der Waals surface area (Å²) in [5, 5.41) is 11.7. The number of amides is 2. The molecule has 148 valence electrons. The molecule has 0 saturated heterocycles. The van der Waals surface area contributed by atoms with Gasteiger partial charge in [0.25, 0.3) is 11.8 Å². The predicted octanol–water partition coefficient (Wildman–Crippen LogP) is 4.35. The largest absolute Gasteiger partial charge is 0.272 e. The molecule has 2 aliphatic heterocycles. The van der Waals surface area contributed by atoms with Gasteiger partial charge in [-0.05, 0) is 38.1 Å². The molecule has 0 aliphatic carbocycles. The summed E-state index contributed by atoms with van der Waals surface area (Å²) in [6.45, 7) is 3.59. The second-order valence-corrected chi connectivity index (χ2v) is 9.19. The summed E-state index contributed by atoms with van der Waals surface area (Å²) in [6, 6.07) is 18.5. The van der Waals surface area contributed by atoms with Crippen LogP contribution in [-0.2, 0) is 9.59 Å². The van der Waals surface area contributed by atoms with Gasteiger partial charge in [0, 0.05) is 5.71 Å². The van der Waals surface area contributed by atoms with Crippen molar-refractivity contribution in [2.24, 2.45) is 16.1 Å². The number of hydrazone groups is 2. The summed E-state index contributed by atoms with van der Waals surface area (Å²) in [6.07, 6.45) is 0. The van der Waals surface area contributed by atoms with E-state index in [0.717, 1.165) is 0 Å². The maximum Gasteiger partial charge on any atom is 0.271 e. The van der Waals surface area contributed by atoms with Gasteiger partial charge in [-0.15, -0.1) is 0 Å². The van der Waals surface area contributed by atoms with E-state index in [2.05, 4.69) is 42.1 Å². The van der Waals surface area contributed by atoms with Gasteiger partial charge in [-0.2, -0.15) is 15.2 Å². The van der Waals surface area contributed by atoms with Crippen LogP contribution in [0.5, 0.6) is 0 Å². The van der Waals surface area contributed by atoms with Gasteiger partial charge in [0.1, 0.15) is 0 Å². The van der Waals surface area contributed by atoms with Crippen LogP contribution in [0.4, 0.5) is 11.4 Å². The molecular weight excluding hydrogens is 500 g/mol. The number of alkyl halides is 2. The molecule has 0 unspecified atom stereocenters. The zero-order chi connectivity index (χ0) is 20.8. The summed E-state index contributed by atoms with van der Waals surface area (Å²) in [4.78, 5) is 26.0. The summed E-state index contributed by atoms with van der Waals surface area (Å²) < 4.78 is -1.16. The van der Waals surface area contributed by atoms with E-state index in [1.165, 1.54) is 10.0 Å². The standard InChI is InChI=1S/C21H18Br2N4O2/c1-13-17(19(28)26(24-13)15-9-5-3-6-10-15)18(22)21(23)14(2)25-27(20(21)29)16-11-7-4-8-12-16/h3-12,17-18H,1-2H3/t17-,18+,21-/m1/s1. The van der Waals surface area contributed by atoms with E-state index in [0.29, 0.717) is 22.8 Å². The van der Waals surface area contributed by atoms with Gasteiger partial charge in [-0.1, -0.05) is 68.3 Å². The van der Waals surface area contributed by atoms with Crippen molar-refractivity contribution < 1.29 is 9.59 Å². The molecule has 0 radical (unpaired) electrons. The first-order valence-electron chi connectivity index (χ1n) is 9.08. The van der Waals surface area contributed by atoms with Crippen molar-refractivity contribution in [2.75, 3.05) is 10.0 Å². The highest BCUT2D eigenvalue weighted by Gasteiger charge is 2.58. The highest BCUT2D eigenvalue weighted by Crippen LogP contribution is 2.43. The van der Waals surface area contributed by atoms with Crippen LogP contribution < -0.4 is 10.0 Å². The quantitative estimate of drug-likeness (QED) is 0.566. The van der Waals surface area contributed by atoms with Crippen LogP contribution in [0.15, 0.2) is 70.9 Å². The van der Waals surface area contributed by atoms with Crippen molar-refractivity contribution >= 4 is 66.5 Å². The third-order valence-corrected chi connectivity index (χ3v) is 8.37. The third kappa shape index (κ3) is 3.14. The minimum Gasteiger partial charge on any atom is -0.272 e.